The van der Waals surface area contributed by atoms with E-state index < -0.39 is 5.69 Å². The summed E-state index contributed by atoms with van der Waals surface area (Å²) in [7, 11) is 0. The third-order valence-corrected chi connectivity index (χ3v) is 4.36. The van der Waals surface area contributed by atoms with E-state index in [2.05, 4.69) is 9.97 Å². The Labute approximate surface area is 144 Å². The van der Waals surface area contributed by atoms with Gasteiger partial charge in [0.25, 0.3) is 5.91 Å². The topological polar surface area (TPSA) is 75.3 Å². The molecular formula is C19H17N3O3. The Bertz CT molecular complexity index is 968. The van der Waals surface area contributed by atoms with Crippen LogP contribution < -0.4 is 5.69 Å². The Hall–Kier alpha value is -2.99. The van der Waals surface area contributed by atoms with Crippen LogP contribution in [0.15, 0.2) is 59.4 Å². The lowest BCUT2D eigenvalue weighted by atomic mass is 10.1. The van der Waals surface area contributed by atoms with Gasteiger partial charge in [-0.3, -0.25) is 4.79 Å². The van der Waals surface area contributed by atoms with Crippen LogP contribution in [0.4, 0.5) is 0 Å². The minimum absolute atomic E-state index is 0.174. The molecule has 6 heteroatoms. The Balaban J connectivity index is 1.66. The van der Waals surface area contributed by atoms with Crippen molar-refractivity contribution in [1.82, 2.24) is 14.9 Å². The van der Waals surface area contributed by atoms with Crippen LogP contribution in [0.3, 0.4) is 0 Å². The molecule has 1 saturated heterocycles. The van der Waals surface area contributed by atoms with E-state index >= 15 is 0 Å². The fraction of sp³-hybridized carbons (Fsp3) is 0.211. The van der Waals surface area contributed by atoms with Crippen LogP contribution in [0, 0.1) is 0 Å². The molecule has 0 bridgehead atoms. The van der Waals surface area contributed by atoms with Crippen molar-refractivity contribution in [1.29, 1.82) is 0 Å². The number of aromatic amines is 1. The van der Waals surface area contributed by atoms with Crippen molar-refractivity contribution in [3.63, 3.8) is 0 Å². The third-order valence-electron chi connectivity index (χ3n) is 4.36. The summed E-state index contributed by atoms with van der Waals surface area (Å²) in [6, 6.07) is 17.0. The highest BCUT2D eigenvalue weighted by Gasteiger charge is 2.28. The summed E-state index contributed by atoms with van der Waals surface area (Å²) >= 11 is 0. The normalized spacial score (nSPS) is 17.6. The standard InChI is InChI=1S/C19H17N3O3/c23-18(17-14-8-4-5-9-15(14)20-19(24)21-17)22-10-11-25-16(12-22)13-6-2-1-3-7-13/h1-9,16H,10-12H2,(H,20,21,24)/t16-/m1/s1. The maximum atomic E-state index is 13.0. The number of aromatic nitrogens is 2. The zero-order valence-corrected chi connectivity index (χ0v) is 13.5. The van der Waals surface area contributed by atoms with Crippen molar-refractivity contribution < 1.29 is 9.53 Å². The second-order valence-electron chi connectivity index (χ2n) is 5.96. The summed E-state index contributed by atoms with van der Waals surface area (Å²) in [6.07, 6.45) is -0.174. The highest BCUT2D eigenvalue weighted by Crippen LogP contribution is 2.24. The highest BCUT2D eigenvalue weighted by molar-refractivity contribution is 6.04. The van der Waals surface area contributed by atoms with E-state index in [0.717, 1.165) is 5.56 Å². The number of para-hydroxylation sites is 1. The maximum absolute atomic E-state index is 13.0. The van der Waals surface area contributed by atoms with Crippen molar-refractivity contribution in [2.24, 2.45) is 0 Å². The molecular weight excluding hydrogens is 318 g/mol. The predicted molar refractivity (Wildman–Crippen MR) is 93.4 cm³/mol. The van der Waals surface area contributed by atoms with Gasteiger partial charge in [-0.05, 0) is 11.6 Å². The molecule has 0 radical (unpaired) electrons. The number of carbonyl (C=O) groups excluding carboxylic acids is 1. The van der Waals surface area contributed by atoms with E-state index in [1.165, 1.54) is 0 Å². The van der Waals surface area contributed by atoms with Crippen molar-refractivity contribution in [2.75, 3.05) is 19.7 Å². The largest absolute Gasteiger partial charge is 0.370 e. The van der Waals surface area contributed by atoms with Gasteiger partial charge in [0.05, 0.1) is 18.7 Å². The Morgan fingerprint density at radius 2 is 1.88 bits per heavy atom. The molecule has 2 heterocycles. The van der Waals surface area contributed by atoms with Gasteiger partial charge in [-0.2, -0.15) is 4.98 Å². The Morgan fingerprint density at radius 1 is 1.12 bits per heavy atom. The summed E-state index contributed by atoms with van der Waals surface area (Å²) in [5, 5.41) is 0.648. The van der Waals surface area contributed by atoms with Crippen molar-refractivity contribution in [2.45, 2.75) is 6.10 Å². The van der Waals surface area contributed by atoms with Gasteiger partial charge in [-0.15, -0.1) is 0 Å². The number of benzene rings is 2. The second kappa shape index (κ2) is 6.49. The van der Waals surface area contributed by atoms with Crippen LogP contribution >= 0.6 is 0 Å². The number of rotatable bonds is 2. The first-order valence-corrected chi connectivity index (χ1v) is 8.17. The van der Waals surface area contributed by atoms with Crippen LogP contribution in [0.5, 0.6) is 0 Å². The van der Waals surface area contributed by atoms with E-state index in [9.17, 15) is 9.59 Å². The van der Waals surface area contributed by atoms with E-state index in [1.807, 2.05) is 42.5 Å². The van der Waals surface area contributed by atoms with Crippen molar-refractivity contribution >= 4 is 16.8 Å². The quantitative estimate of drug-likeness (QED) is 0.778. The zero-order valence-electron chi connectivity index (χ0n) is 13.5. The highest BCUT2D eigenvalue weighted by atomic mass is 16.5. The number of fused-ring (bicyclic) bond motifs is 1. The van der Waals surface area contributed by atoms with E-state index in [4.69, 9.17) is 4.74 Å². The molecule has 6 nitrogen and oxygen atoms in total. The van der Waals surface area contributed by atoms with Gasteiger partial charge in [-0.25, -0.2) is 4.79 Å². The van der Waals surface area contributed by atoms with E-state index in [-0.39, 0.29) is 17.7 Å². The smallest absolute Gasteiger partial charge is 0.346 e. The molecule has 4 rings (SSSR count). The third kappa shape index (κ3) is 3.04. The molecule has 1 aliphatic rings. The molecule has 1 aromatic heterocycles. The van der Waals surface area contributed by atoms with Gasteiger partial charge in [0.1, 0.15) is 11.8 Å². The van der Waals surface area contributed by atoms with Gasteiger partial charge in [-0.1, -0.05) is 48.5 Å². The number of H-pyrrole nitrogens is 1. The van der Waals surface area contributed by atoms with Gasteiger partial charge < -0.3 is 14.6 Å². The fourth-order valence-corrected chi connectivity index (χ4v) is 3.12. The number of nitrogens with one attached hydrogen (secondary N) is 1. The van der Waals surface area contributed by atoms with Crippen LogP contribution in [0.2, 0.25) is 0 Å². The van der Waals surface area contributed by atoms with Gasteiger partial charge in [0.15, 0.2) is 0 Å². The Morgan fingerprint density at radius 3 is 2.72 bits per heavy atom. The summed E-state index contributed by atoms with van der Waals surface area (Å²) in [4.78, 5) is 33.1. The van der Waals surface area contributed by atoms with Crippen LogP contribution in [-0.4, -0.2) is 40.5 Å². The van der Waals surface area contributed by atoms with E-state index in [0.29, 0.717) is 30.6 Å². The van der Waals surface area contributed by atoms with E-state index in [1.54, 1.807) is 17.0 Å². The number of hydrogen-bond acceptors (Lipinski definition) is 4. The van der Waals surface area contributed by atoms with Gasteiger partial charge >= 0.3 is 5.69 Å². The molecule has 1 amide bonds. The van der Waals surface area contributed by atoms with Gasteiger partial charge in [0, 0.05) is 11.9 Å². The lowest BCUT2D eigenvalue weighted by Crippen LogP contribution is -2.43. The first kappa shape index (κ1) is 15.5. The molecule has 0 saturated carbocycles. The summed E-state index contributed by atoms with van der Waals surface area (Å²) < 4.78 is 5.81. The molecule has 1 fully saturated rings. The van der Waals surface area contributed by atoms with Crippen LogP contribution in [0.1, 0.15) is 22.2 Å². The molecule has 1 atom stereocenters. The fourth-order valence-electron chi connectivity index (χ4n) is 3.12. The molecule has 1 N–H and O–H groups in total. The lowest BCUT2D eigenvalue weighted by molar-refractivity contribution is -0.0229. The van der Waals surface area contributed by atoms with Gasteiger partial charge in [0.2, 0.25) is 0 Å². The molecule has 0 spiro atoms. The minimum atomic E-state index is -0.519. The van der Waals surface area contributed by atoms with Crippen molar-refractivity contribution in [3.05, 3.63) is 76.3 Å². The number of carbonyl (C=O) groups is 1. The monoisotopic (exact) mass is 335 g/mol. The predicted octanol–water partition coefficient (Wildman–Crippen LogP) is 2.14. The summed E-state index contributed by atoms with van der Waals surface area (Å²) in [6.45, 7) is 1.36. The first-order chi connectivity index (χ1) is 12.2. The molecule has 126 valence electrons. The number of hydrogen-bond donors (Lipinski definition) is 1. The lowest BCUT2D eigenvalue weighted by Gasteiger charge is -2.33. The average molecular weight is 335 g/mol. The second-order valence-corrected chi connectivity index (χ2v) is 5.96. The minimum Gasteiger partial charge on any atom is -0.370 e. The number of ether oxygens (including phenoxy) is 1. The SMILES string of the molecule is O=C(c1nc(=O)[nH]c2ccccc12)N1CCO[C@@H](c2ccccc2)C1. The molecule has 0 aliphatic carbocycles. The number of morpholine rings is 1. The molecule has 1 aliphatic heterocycles. The molecule has 2 aromatic carbocycles. The average Bonchev–Trinajstić information content (AvgIpc) is 2.67. The first-order valence-electron chi connectivity index (χ1n) is 8.17. The molecule has 25 heavy (non-hydrogen) atoms. The summed E-state index contributed by atoms with van der Waals surface area (Å²) in [5.41, 5.74) is 1.31. The number of nitrogens with zero attached hydrogens (tertiary/aromatic N) is 2. The van der Waals surface area contributed by atoms with Crippen molar-refractivity contribution in [3.8, 4) is 0 Å². The Kier molecular flexibility index (Phi) is 4.03. The number of amides is 1. The van der Waals surface area contributed by atoms with Crippen LogP contribution in [0.25, 0.3) is 10.9 Å². The van der Waals surface area contributed by atoms with Crippen LogP contribution in [-0.2, 0) is 4.74 Å². The molecule has 0 unspecified atom stereocenters. The summed E-state index contributed by atoms with van der Waals surface area (Å²) in [5.74, 6) is -0.244. The maximum Gasteiger partial charge on any atom is 0.346 e. The molecule has 3 aromatic rings. The zero-order chi connectivity index (χ0) is 17.2.